The van der Waals surface area contributed by atoms with Crippen molar-refractivity contribution in [3.05, 3.63) is 94.0 Å². The van der Waals surface area contributed by atoms with Crippen LogP contribution in [0.4, 0.5) is 0 Å². The van der Waals surface area contributed by atoms with Crippen molar-refractivity contribution in [1.29, 1.82) is 0 Å². The maximum absolute atomic E-state index is 13.1. The molecule has 5 aliphatic heterocycles. The molecule has 11 nitrogen and oxygen atoms in total. The zero-order valence-corrected chi connectivity index (χ0v) is 31.9. The van der Waals surface area contributed by atoms with Crippen LogP contribution in [0.15, 0.2) is 71.2 Å². The van der Waals surface area contributed by atoms with Crippen molar-refractivity contribution in [2.45, 2.75) is 95.4 Å². The number of aliphatic hydroxyl groups excluding tert-OH is 3. The Morgan fingerprint density at radius 3 is 2.79 bits per heavy atom. The molecule has 9 rings (SSSR count). The van der Waals surface area contributed by atoms with Gasteiger partial charge >= 0.3 is 0 Å². The lowest BCUT2D eigenvalue weighted by atomic mass is 9.73. The molecule has 5 heterocycles. The van der Waals surface area contributed by atoms with E-state index in [-0.39, 0.29) is 48.6 Å². The van der Waals surface area contributed by atoms with Gasteiger partial charge in [-0.25, -0.2) is 0 Å². The molecule has 7 aliphatic rings. The summed E-state index contributed by atoms with van der Waals surface area (Å²) in [5.74, 6) is 9.80. The van der Waals surface area contributed by atoms with E-state index in [2.05, 4.69) is 40.3 Å². The van der Waals surface area contributed by atoms with Gasteiger partial charge in [0.2, 0.25) is 0 Å². The Balaban J connectivity index is 1.06. The minimum absolute atomic E-state index is 0.0607. The van der Waals surface area contributed by atoms with Gasteiger partial charge in [-0.3, -0.25) is 9.79 Å². The molecule has 2 bridgehead atoms. The summed E-state index contributed by atoms with van der Waals surface area (Å²) in [4.78, 5) is 20.1. The van der Waals surface area contributed by atoms with Gasteiger partial charge < -0.3 is 45.9 Å². The number of hydrogen-bond acceptors (Lipinski definition) is 11. The van der Waals surface area contributed by atoms with E-state index in [1.807, 2.05) is 43.6 Å². The van der Waals surface area contributed by atoms with Crippen molar-refractivity contribution in [1.82, 2.24) is 10.2 Å². The summed E-state index contributed by atoms with van der Waals surface area (Å²) in [6.07, 6.45) is 15.4. The van der Waals surface area contributed by atoms with Crippen LogP contribution in [0.2, 0.25) is 0 Å². The van der Waals surface area contributed by atoms with Gasteiger partial charge in [-0.15, -0.1) is 0 Å². The largest absolute Gasteiger partial charge is 0.508 e. The van der Waals surface area contributed by atoms with E-state index in [9.17, 15) is 25.2 Å². The van der Waals surface area contributed by atoms with Gasteiger partial charge in [0.05, 0.1) is 35.8 Å². The highest BCUT2D eigenvalue weighted by Gasteiger charge is 2.49. The molecule has 2 aromatic rings. The third-order valence-corrected chi connectivity index (χ3v) is 12.8. The molecule has 2 aromatic carbocycles. The van der Waals surface area contributed by atoms with Gasteiger partial charge in [0.25, 0.3) is 0 Å². The van der Waals surface area contributed by atoms with Crippen LogP contribution in [0.25, 0.3) is 6.08 Å². The molecule has 7 N–H and O–H groups in total. The average molecular weight is 769 g/mol. The molecule has 57 heavy (non-hydrogen) atoms. The smallest absolute Gasteiger partial charge is 0.187 e. The van der Waals surface area contributed by atoms with Gasteiger partial charge in [-0.2, -0.15) is 0 Å². The van der Waals surface area contributed by atoms with Crippen molar-refractivity contribution in [2.75, 3.05) is 6.54 Å². The highest BCUT2D eigenvalue weighted by atomic mass is 16.5. The van der Waals surface area contributed by atoms with E-state index >= 15 is 0 Å². The third kappa shape index (κ3) is 6.93. The molecule has 1 spiro atoms. The van der Waals surface area contributed by atoms with Gasteiger partial charge in [0.15, 0.2) is 17.7 Å². The fourth-order valence-corrected chi connectivity index (χ4v) is 9.63. The molecule has 1 saturated carbocycles. The zero-order chi connectivity index (χ0) is 39.4. The monoisotopic (exact) mass is 768 g/mol. The van der Waals surface area contributed by atoms with Gasteiger partial charge in [0.1, 0.15) is 29.9 Å². The SMILES string of the molecule is C[C@@H]1C=C[C@@H]([C@@H](O)CC(=O)CCc2cc3c(cc2O)OC#CC2(CCCC2)[C@H]2C#C[C@H](O)c4ccc5c(c4CC4=CN=C6CN(C=C46)[C@H]2O3)C=CN[C@@H]5N)[C@H](O)C1. The predicted molar refractivity (Wildman–Crippen MR) is 214 cm³/mol. The van der Waals surface area contributed by atoms with E-state index in [4.69, 9.17) is 20.2 Å². The second kappa shape index (κ2) is 14.9. The number of ketones is 1. The van der Waals surface area contributed by atoms with E-state index in [0.717, 1.165) is 59.2 Å². The van der Waals surface area contributed by atoms with Crippen LogP contribution in [-0.4, -0.2) is 61.8 Å². The van der Waals surface area contributed by atoms with Crippen LogP contribution in [-0.2, 0) is 17.6 Å². The number of aliphatic hydroxyl groups is 3. The molecule has 0 unspecified atom stereocenters. The standard InChI is InChI=1S/C46H48N4O7/c1-26-4-7-33(40(54)18-26)41(55)21-29(51)6-5-27-20-43-42(22-39(27)53)56-17-15-46(13-2-3-14-46)36-10-11-38(52)31-8-9-32-30(12-16-48-44(32)47)34(31)19-28-23-49-37-25-50(24-35(28)37)45(36)57-43/h4,7-9,12,16,20,22-24,26,33,36,38,40-41,44-45,48,52-55H,2-3,5-6,13-14,18-19,21,25,47H2,1H3/t26-,33-,36+,38+,40-,41+,44+,45+/m1/s1. The number of fused-ring (bicyclic) bond motifs is 8. The molecule has 294 valence electrons. The van der Waals surface area contributed by atoms with E-state index in [1.165, 1.54) is 6.07 Å². The number of nitrogens with two attached hydrogens (primary N) is 1. The van der Waals surface area contributed by atoms with Crippen LogP contribution in [0, 0.1) is 47.0 Å². The number of phenols is 1. The lowest BCUT2D eigenvalue weighted by Crippen LogP contribution is -2.47. The number of phenolic OH excluding ortho intramolecular Hbond substituents is 1. The van der Waals surface area contributed by atoms with Crippen LogP contribution in [0.5, 0.6) is 17.2 Å². The molecule has 0 radical (unpaired) electrons. The number of nitrogens with one attached hydrogen (secondary N) is 1. The topological polar surface area (TPSA) is 170 Å². The predicted octanol–water partition coefficient (Wildman–Crippen LogP) is 4.82. The van der Waals surface area contributed by atoms with E-state index < -0.39 is 41.8 Å². The lowest BCUT2D eigenvalue weighted by Gasteiger charge is -2.39. The number of rotatable bonds is 6. The Kier molecular flexibility index (Phi) is 9.74. The Morgan fingerprint density at radius 1 is 1.14 bits per heavy atom. The van der Waals surface area contributed by atoms with E-state index in [0.29, 0.717) is 36.3 Å². The molecular weight excluding hydrogens is 721 g/mol. The van der Waals surface area contributed by atoms with Gasteiger partial charge in [0, 0.05) is 49.2 Å². The summed E-state index contributed by atoms with van der Waals surface area (Å²) < 4.78 is 13.1. The van der Waals surface area contributed by atoms with Gasteiger partial charge in [-0.1, -0.05) is 61.8 Å². The summed E-state index contributed by atoms with van der Waals surface area (Å²) in [5, 5.41) is 47.6. The zero-order valence-electron chi connectivity index (χ0n) is 31.9. The number of aliphatic imine (C=N–C) groups is 1. The number of Topliss-reactive ketones (excluding diaryl/α,β-unsaturated/α-hetero) is 1. The first-order valence-electron chi connectivity index (χ1n) is 20.1. The van der Waals surface area contributed by atoms with E-state index in [1.54, 1.807) is 12.1 Å². The molecular formula is C46H48N4O7. The summed E-state index contributed by atoms with van der Waals surface area (Å²) in [5.41, 5.74) is 12.9. The number of ether oxygens (including phenoxy) is 2. The average Bonchev–Trinajstić information content (AvgIpc) is 3.93. The fourth-order valence-electron chi connectivity index (χ4n) is 9.63. The summed E-state index contributed by atoms with van der Waals surface area (Å²) in [6, 6.07) is 7.06. The summed E-state index contributed by atoms with van der Waals surface area (Å²) in [6.45, 7) is 2.48. The Hall–Kier alpha value is -5.30. The van der Waals surface area contributed by atoms with Crippen LogP contribution in [0.1, 0.15) is 92.0 Å². The van der Waals surface area contributed by atoms with Gasteiger partial charge in [-0.05, 0) is 83.3 Å². The van der Waals surface area contributed by atoms with Crippen molar-refractivity contribution in [3.8, 4) is 41.1 Å². The molecule has 0 saturated heterocycles. The minimum atomic E-state index is -1.10. The Labute approximate surface area is 332 Å². The Morgan fingerprint density at radius 2 is 1.96 bits per heavy atom. The number of hydrogen-bond donors (Lipinski definition) is 6. The number of carbonyl (C=O) groups excluding carboxylic acids is 1. The van der Waals surface area contributed by atoms with Crippen LogP contribution < -0.4 is 20.5 Å². The van der Waals surface area contributed by atoms with Crippen molar-refractivity contribution in [3.63, 3.8) is 0 Å². The summed E-state index contributed by atoms with van der Waals surface area (Å²) in [7, 11) is 0. The first-order valence-corrected chi connectivity index (χ1v) is 20.1. The summed E-state index contributed by atoms with van der Waals surface area (Å²) >= 11 is 0. The normalized spacial score (nSPS) is 29.1. The highest BCUT2D eigenvalue weighted by molar-refractivity contribution is 6.09. The molecule has 8 atom stereocenters. The number of allylic oxidation sites excluding steroid dienone is 2. The number of benzene rings is 2. The maximum atomic E-state index is 13.1. The second-order valence-corrected chi connectivity index (χ2v) is 16.6. The number of carbonyl (C=O) groups is 1. The molecule has 0 aromatic heterocycles. The number of aromatic hydroxyl groups is 1. The number of nitrogens with zero attached hydrogens (tertiary/aromatic N) is 2. The third-order valence-electron chi connectivity index (χ3n) is 12.8. The van der Waals surface area contributed by atoms with Crippen molar-refractivity contribution in [2.24, 2.45) is 33.9 Å². The minimum Gasteiger partial charge on any atom is -0.508 e. The van der Waals surface area contributed by atoms with Crippen molar-refractivity contribution >= 4 is 17.6 Å². The second-order valence-electron chi connectivity index (χ2n) is 16.6. The Bertz CT molecular complexity index is 2280. The molecule has 0 amide bonds. The first-order chi connectivity index (χ1) is 27.6. The lowest BCUT2D eigenvalue weighted by molar-refractivity contribution is -0.122. The fraction of sp³-hybridized carbons (Fsp3) is 0.435. The van der Waals surface area contributed by atoms with Crippen molar-refractivity contribution < 1.29 is 34.7 Å². The molecule has 2 aliphatic carbocycles. The molecule has 1 fully saturated rings. The van der Waals surface area contributed by atoms with Crippen LogP contribution >= 0.6 is 0 Å². The van der Waals surface area contributed by atoms with Crippen LogP contribution in [0.3, 0.4) is 0 Å². The quantitative estimate of drug-likeness (QED) is 0.177. The molecule has 11 heteroatoms. The maximum Gasteiger partial charge on any atom is 0.187 e. The number of aryl methyl sites for hydroxylation is 1. The highest BCUT2D eigenvalue weighted by Crippen LogP contribution is 2.49. The first kappa shape index (κ1) is 37.3.